The van der Waals surface area contributed by atoms with Gasteiger partial charge in [0, 0.05) is 4.88 Å². The summed E-state index contributed by atoms with van der Waals surface area (Å²) in [4.78, 5) is 1.06. The molecule has 12 heavy (non-hydrogen) atoms. The van der Waals surface area contributed by atoms with Crippen LogP contribution in [0.3, 0.4) is 0 Å². The Kier molecular flexibility index (Phi) is 4.73. The van der Waals surface area contributed by atoms with Gasteiger partial charge in [-0.15, -0.1) is 23.1 Å². The number of rotatable bonds is 5. The van der Waals surface area contributed by atoms with E-state index in [0.29, 0.717) is 0 Å². The lowest BCUT2D eigenvalue weighted by Gasteiger charge is -1.94. The molecule has 0 amide bonds. The minimum absolute atomic E-state index is 0.180. The average Bonchev–Trinajstić information content (AvgIpc) is 2.53. The Labute approximate surface area is 81.8 Å². The van der Waals surface area contributed by atoms with Crippen LogP contribution in [0.15, 0.2) is 16.3 Å². The molecule has 0 radical (unpaired) electrons. The summed E-state index contributed by atoms with van der Waals surface area (Å²) in [5.41, 5.74) is 0. The lowest BCUT2D eigenvalue weighted by atomic mass is 10.4. The van der Waals surface area contributed by atoms with Crippen molar-refractivity contribution in [2.24, 2.45) is 0 Å². The summed E-state index contributed by atoms with van der Waals surface area (Å²) in [5.74, 6) is 1.20. The molecule has 1 N–H and O–H groups in total. The largest absolute Gasteiger partial charge is 0.391 e. The van der Waals surface area contributed by atoms with E-state index in [2.05, 4.69) is 13.0 Å². The molecule has 1 rings (SSSR count). The lowest BCUT2D eigenvalue weighted by molar-refractivity contribution is 0.285. The Morgan fingerprint density at radius 1 is 1.50 bits per heavy atom. The van der Waals surface area contributed by atoms with Crippen molar-refractivity contribution in [3.63, 3.8) is 0 Å². The van der Waals surface area contributed by atoms with Crippen LogP contribution in [0.25, 0.3) is 0 Å². The lowest BCUT2D eigenvalue weighted by Crippen LogP contribution is -1.74. The normalized spacial score (nSPS) is 10.5. The van der Waals surface area contributed by atoms with Crippen LogP contribution < -0.4 is 0 Å². The van der Waals surface area contributed by atoms with Gasteiger partial charge in [0.1, 0.15) is 0 Å². The standard InChI is InChI=1S/C9H14OS2/c1-2-3-6-11-9-5-4-8(7-10)12-9/h4-5,10H,2-3,6-7H2,1H3. The first kappa shape index (κ1) is 10.1. The highest BCUT2D eigenvalue weighted by atomic mass is 32.2. The first-order valence-electron chi connectivity index (χ1n) is 4.19. The molecule has 0 aromatic carbocycles. The van der Waals surface area contributed by atoms with Crippen LogP contribution in [0.2, 0.25) is 0 Å². The summed E-state index contributed by atoms with van der Waals surface area (Å²) in [7, 11) is 0. The number of thioether (sulfide) groups is 1. The van der Waals surface area contributed by atoms with Crippen molar-refractivity contribution in [3.8, 4) is 0 Å². The molecule has 0 atom stereocenters. The van der Waals surface area contributed by atoms with Crippen LogP contribution in [0.5, 0.6) is 0 Å². The smallest absolute Gasteiger partial charge is 0.0774 e. The monoisotopic (exact) mass is 202 g/mol. The number of unbranched alkanes of at least 4 members (excludes halogenated alkanes) is 1. The van der Waals surface area contributed by atoms with Crippen molar-refractivity contribution < 1.29 is 5.11 Å². The molecule has 0 bridgehead atoms. The molecule has 0 aliphatic rings. The average molecular weight is 202 g/mol. The van der Waals surface area contributed by atoms with E-state index in [4.69, 9.17) is 5.11 Å². The summed E-state index contributed by atoms with van der Waals surface area (Å²) < 4.78 is 1.33. The summed E-state index contributed by atoms with van der Waals surface area (Å²) in [6.07, 6.45) is 2.53. The van der Waals surface area contributed by atoms with Crippen molar-refractivity contribution in [1.29, 1.82) is 0 Å². The maximum Gasteiger partial charge on any atom is 0.0774 e. The Morgan fingerprint density at radius 2 is 2.33 bits per heavy atom. The molecule has 0 saturated carbocycles. The van der Waals surface area contributed by atoms with Gasteiger partial charge in [0.25, 0.3) is 0 Å². The van der Waals surface area contributed by atoms with Crippen LogP contribution in [0.1, 0.15) is 24.6 Å². The number of thiophene rings is 1. The minimum atomic E-state index is 0.180. The van der Waals surface area contributed by atoms with Crippen LogP contribution in [-0.2, 0) is 6.61 Å². The number of hydrogen-bond donors (Lipinski definition) is 1. The molecule has 0 fully saturated rings. The molecule has 0 aliphatic carbocycles. The van der Waals surface area contributed by atoms with Gasteiger partial charge in [-0.05, 0) is 24.3 Å². The van der Waals surface area contributed by atoms with Crippen molar-refractivity contribution in [2.45, 2.75) is 30.6 Å². The fourth-order valence-corrected chi connectivity index (χ4v) is 3.04. The van der Waals surface area contributed by atoms with Crippen LogP contribution in [0, 0.1) is 0 Å². The van der Waals surface area contributed by atoms with E-state index in [9.17, 15) is 0 Å². The molecule has 0 saturated heterocycles. The molecule has 1 heterocycles. The van der Waals surface area contributed by atoms with Crippen molar-refractivity contribution >= 4 is 23.1 Å². The van der Waals surface area contributed by atoms with Crippen molar-refractivity contribution in [2.75, 3.05) is 5.75 Å². The fourth-order valence-electron chi connectivity index (χ4n) is 0.838. The number of aliphatic hydroxyl groups excluding tert-OH is 1. The predicted molar refractivity (Wildman–Crippen MR) is 55.9 cm³/mol. The van der Waals surface area contributed by atoms with Gasteiger partial charge in [-0.1, -0.05) is 13.3 Å². The van der Waals surface area contributed by atoms with E-state index in [-0.39, 0.29) is 6.61 Å². The van der Waals surface area contributed by atoms with Crippen LogP contribution >= 0.6 is 23.1 Å². The topological polar surface area (TPSA) is 20.2 Å². The summed E-state index contributed by atoms with van der Waals surface area (Å²) in [6, 6.07) is 4.09. The molecule has 0 spiro atoms. The summed E-state index contributed by atoms with van der Waals surface area (Å²) in [5, 5.41) is 8.82. The zero-order chi connectivity index (χ0) is 8.81. The molecule has 68 valence electrons. The van der Waals surface area contributed by atoms with Crippen molar-refractivity contribution in [3.05, 3.63) is 17.0 Å². The van der Waals surface area contributed by atoms with E-state index in [1.165, 1.54) is 22.8 Å². The Bertz CT molecular complexity index is 220. The molecule has 1 aromatic heterocycles. The van der Waals surface area contributed by atoms with Gasteiger partial charge < -0.3 is 5.11 Å². The maximum absolute atomic E-state index is 8.82. The molecule has 3 heteroatoms. The molecular weight excluding hydrogens is 188 g/mol. The van der Waals surface area contributed by atoms with Gasteiger partial charge in [-0.2, -0.15) is 0 Å². The zero-order valence-electron chi connectivity index (χ0n) is 7.25. The number of hydrogen-bond acceptors (Lipinski definition) is 3. The van der Waals surface area contributed by atoms with Gasteiger partial charge >= 0.3 is 0 Å². The molecule has 1 nitrogen and oxygen atoms in total. The van der Waals surface area contributed by atoms with Gasteiger partial charge in [-0.25, -0.2) is 0 Å². The van der Waals surface area contributed by atoms with Gasteiger partial charge in [-0.3, -0.25) is 0 Å². The van der Waals surface area contributed by atoms with E-state index >= 15 is 0 Å². The second kappa shape index (κ2) is 5.62. The van der Waals surface area contributed by atoms with Crippen molar-refractivity contribution in [1.82, 2.24) is 0 Å². The highest BCUT2D eigenvalue weighted by molar-refractivity contribution is 8.01. The maximum atomic E-state index is 8.82. The highest BCUT2D eigenvalue weighted by Crippen LogP contribution is 2.27. The van der Waals surface area contributed by atoms with Crippen LogP contribution in [0.4, 0.5) is 0 Å². The molecule has 1 aromatic rings. The van der Waals surface area contributed by atoms with Gasteiger partial charge in [0.05, 0.1) is 10.8 Å². The van der Waals surface area contributed by atoms with Gasteiger partial charge in [0.2, 0.25) is 0 Å². The SMILES string of the molecule is CCCCSc1ccc(CO)s1. The summed E-state index contributed by atoms with van der Waals surface area (Å²) >= 11 is 3.58. The molecule has 0 aliphatic heterocycles. The Morgan fingerprint density at radius 3 is 2.92 bits per heavy atom. The highest BCUT2D eigenvalue weighted by Gasteiger charge is 1.98. The summed E-state index contributed by atoms with van der Waals surface area (Å²) in [6.45, 7) is 2.38. The van der Waals surface area contributed by atoms with E-state index in [1.807, 2.05) is 17.8 Å². The second-order valence-corrected chi connectivity index (χ2v) is 5.14. The quantitative estimate of drug-likeness (QED) is 0.585. The molecule has 0 unspecified atom stereocenters. The van der Waals surface area contributed by atoms with E-state index < -0.39 is 0 Å². The van der Waals surface area contributed by atoms with Crippen LogP contribution in [-0.4, -0.2) is 10.9 Å². The first-order valence-corrected chi connectivity index (χ1v) is 5.99. The predicted octanol–water partition coefficient (Wildman–Crippen LogP) is 3.13. The van der Waals surface area contributed by atoms with E-state index in [0.717, 1.165) is 4.88 Å². The third-order valence-corrected chi connectivity index (χ3v) is 3.92. The van der Waals surface area contributed by atoms with Gasteiger partial charge in [0.15, 0.2) is 0 Å². The first-order chi connectivity index (χ1) is 5.86. The number of aliphatic hydroxyl groups is 1. The van der Waals surface area contributed by atoms with E-state index in [1.54, 1.807) is 11.3 Å². The second-order valence-electron chi connectivity index (χ2n) is 2.58. The third kappa shape index (κ3) is 3.17. The third-order valence-electron chi connectivity index (χ3n) is 1.54. The zero-order valence-corrected chi connectivity index (χ0v) is 8.88. The Hall–Kier alpha value is 0.01000. The fraction of sp³-hybridized carbons (Fsp3) is 0.556. The Balaban J connectivity index is 2.31. The molecular formula is C9H14OS2. The minimum Gasteiger partial charge on any atom is -0.391 e.